The zero-order valence-electron chi connectivity index (χ0n) is 15.9. The summed E-state index contributed by atoms with van der Waals surface area (Å²) < 4.78 is 1.88. The van der Waals surface area contributed by atoms with E-state index in [9.17, 15) is 4.79 Å². The SMILES string of the molecule is CCc1ccc(C2CNCCN2C(=O)c2cn(C3CCNCC3)nn2)cc1. The third kappa shape index (κ3) is 3.89. The summed E-state index contributed by atoms with van der Waals surface area (Å²) in [7, 11) is 0. The molecule has 3 heterocycles. The van der Waals surface area contributed by atoms with Crippen molar-refractivity contribution < 1.29 is 4.79 Å². The zero-order valence-corrected chi connectivity index (χ0v) is 15.9. The highest BCUT2D eigenvalue weighted by Gasteiger charge is 2.30. The highest BCUT2D eigenvalue weighted by atomic mass is 16.2. The first-order chi connectivity index (χ1) is 13.3. The molecule has 1 aromatic carbocycles. The molecule has 0 saturated carbocycles. The topological polar surface area (TPSA) is 75.1 Å². The Bertz CT molecular complexity index is 765. The van der Waals surface area contributed by atoms with Crippen molar-refractivity contribution >= 4 is 5.91 Å². The maximum atomic E-state index is 13.2. The van der Waals surface area contributed by atoms with Gasteiger partial charge in [0.05, 0.1) is 18.3 Å². The molecular weight excluding hydrogens is 340 g/mol. The number of carbonyl (C=O) groups is 1. The number of nitrogens with zero attached hydrogens (tertiary/aromatic N) is 4. The zero-order chi connectivity index (χ0) is 18.6. The standard InChI is InChI=1S/C20H28N6O/c1-2-15-3-5-16(6-4-15)19-13-22-11-12-25(19)20(27)18-14-26(24-23-18)17-7-9-21-10-8-17/h3-6,14,17,19,21-22H,2,7-13H2,1H3. The number of nitrogens with one attached hydrogen (secondary N) is 2. The maximum Gasteiger partial charge on any atom is 0.276 e. The van der Waals surface area contributed by atoms with Crippen LogP contribution in [-0.4, -0.2) is 58.5 Å². The molecule has 2 N–H and O–H groups in total. The molecule has 4 rings (SSSR count). The van der Waals surface area contributed by atoms with Gasteiger partial charge in [-0.1, -0.05) is 36.4 Å². The highest BCUT2D eigenvalue weighted by molar-refractivity contribution is 5.92. The van der Waals surface area contributed by atoms with Gasteiger partial charge in [-0.05, 0) is 43.5 Å². The molecule has 1 unspecified atom stereocenters. The fraction of sp³-hybridized carbons (Fsp3) is 0.550. The molecule has 2 aliphatic rings. The average molecular weight is 368 g/mol. The molecular formula is C20H28N6O. The lowest BCUT2D eigenvalue weighted by atomic mass is 10.0. The van der Waals surface area contributed by atoms with Crippen LogP contribution in [0.3, 0.4) is 0 Å². The molecule has 0 aliphatic carbocycles. The molecule has 7 heteroatoms. The second-order valence-corrected chi connectivity index (χ2v) is 7.38. The number of hydrogen-bond donors (Lipinski definition) is 2. The van der Waals surface area contributed by atoms with Crippen LogP contribution in [0.5, 0.6) is 0 Å². The van der Waals surface area contributed by atoms with E-state index in [-0.39, 0.29) is 11.9 Å². The van der Waals surface area contributed by atoms with Gasteiger partial charge in [0.1, 0.15) is 0 Å². The van der Waals surface area contributed by atoms with Crippen molar-refractivity contribution in [2.45, 2.75) is 38.3 Å². The van der Waals surface area contributed by atoms with Crippen LogP contribution in [0.2, 0.25) is 0 Å². The predicted molar refractivity (Wildman–Crippen MR) is 104 cm³/mol. The molecule has 2 fully saturated rings. The lowest BCUT2D eigenvalue weighted by Gasteiger charge is -2.36. The Morgan fingerprint density at radius 2 is 1.93 bits per heavy atom. The first-order valence-electron chi connectivity index (χ1n) is 9.99. The fourth-order valence-corrected chi connectivity index (χ4v) is 3.99. The van der Waals surface area contributed by atoms with Gasteiger partial charge in [0.2, 0.25) is 0 Å². The summed E-state index contributed by atoms with van der Waals surface area (Å²) in [6.07, 6.45) is 4.90. The van der Waals surface area contributed by atoms with Crippen molar-refractivity contribution in [3.05, 3.63) is 47.3 Å². The summed E-state index contributed by atoms with van der Waals surface area (Å²) in [4.78, 5) is 15.1. The second kappa shape index (κ2) is 8.19. The van der Waals surface area contributed by atoms with E-state index in [1.54, 1.807) is 0 Å². The summed E-state index contributed by atoms with van der Waals surface area (Å²) in [5.41, 5.74) is 2.93. The minimum Gasteiger partial charge on any atom is -0.328 e. The summed E-state index contributed by atoms with van der Waals surface area (Å²) in [6, 6.07) is 8.95. The van der Waals surface area contributed by atoms with Gasteiger partial charge in [0.15, 0.2) is 5.69 Å². The van der Waals surface area contributed by atoms with Gasteiger partial charge in [-0.2, -0.15) is 0 Å². The smallest absolute Gasteiger partial charge is 0.276 e. The number of aryl methyl sites for hydroxylation is 1. The molecule has 1 amide bonds. The van der Waals surface area contributed by atoms with E-state index in [2.05, 4.69) is 52.1 Å². The van der Waals surface area contributed by atoms with Crippen molar-refractivity contribution in [1.82, 2.24) is 30.5 Å². The van der Waals surface area contributed by atoms with Crippen LogP contribution in [0.4, 0.5) is 0 Å². The van der Waals surface area contributed by atoms with E-state index in [0.29, 0.717) is 18.3 Å². The molecule has 2 saturated heterocycles. The number of carbonyl (C=O) groups excluding carboxylic acids is 1. The van der Waals surface area contributed by atoms with Gasteiger partial charge in [-0.25, -0.2) is 4.68 Å². The Hall–Kier alpha value is -2.25. The molecule has 7 nitrogen and oxygen atoms in total. The van der Waals surface area contributed by atoms with Crippen molar-refractivity contribution in [3.63, 3.8) is 0 Å². The Labute approximate surface area is 160 Å². The molecule has 1 aromatic heterocycles. The second-order valence-electron chi connectivity index (χ2n) is 7.38. The number of benzene rings is 1. The molecule has 2 aromatic rings. The number of rotatable bonds is 4. The minimum atomic E-state index is -0.0266. The predicted octanol–water partition coefficient (Wildman–Crippen LogP) is 1.55. The van der Waals surface area contributed by atoms with Crippen molar-refractivity contribution in [3.8, 4) is 0 Å². The summed E-state index contributed by atoms with van der Waals surface area (Å²) in [5.74, 6) is -0.0266. The van der Waals surface area contributed by atoms with Crippen LogP contribution < -0.4 is 10.6 Å². The third-order valence-corrected chi connectivity index (χ3v) is 5.69. The molecule has 0 spiro atoms. The Balaban J connectivity index is 1.52. The van der Waals surface area contributed by atoms with Gasteiger partial charge in [-0.3, -0.25) is 4.79 Å². The van der Waals surface area contributed by atoms with E-state index in [1.165, 1.54) is 11.1 Å². The largest absolute Gasteiger partial charge is 0.328 e. The summed E-state index contributed by atoms with van der Waals surface area (Å²) in [6.45, 7) is 6.37. The van der Waals surface area contributed by atoms with Crippen molar-refractivity contribution in [2.24, 2.45) is 0 Å². The van der Waals surface area contributed by atoms with Gasteiger partial charge < -0.3 is 15.5 Å². The van der Waals surface area contributed by atoms with E-state index < -0.39 is 0 Å². The molecule has 144 valence electrons. The molecule has 1 atom stereocenters. The molecule has 0 bridgehead atoms. The van der Waals surface area contributed by atoms with E-state index in [4.69, 9.17) is 0 Å². The first kappa shape index (κ1) is 18.1. The van der Waals surface area contributed by atoms with Crippen LogP contribution in [-0.2, 0) is 6.42 Å². The molecule has 0 radical (unpaired) electrons. The lowest BCUT2D eigenvalue weighted by molar-refractivity contribution is 0.0628. The number of aromatic nitrogens is 3. The van der Waals surface area contributed by atoms with Crippen LogP contribution in [0, 0.1) is 0 Å². The minimum absolute atomic E-state index is 0.0266. The van der Waals surface area contributed by atoms with E-state index in [0.717, 1.165) is 45.4 Å². The number of piperazine rings is 1. The average Bonchev–Trinajstić information content (AvgIpc) is 3.24. The monoisotopic (exact) mass is 368 g/mol. The van der Waals surface area contributed by atoms with Crippen LogP contribution >= 0.6 is 0 Å². The van der Waals surface area contributed by atoms with Crippen LogP contribution in [0.15, 0.2) is 30.5 Å². The van der Waals surface area contributed by atoms with E-state index >= 15 is 0 Å². The summed E-state index contributed by atoms with van der Waals surface area (Å²) >= 11 is 0. The van der Waals surface area contributed by atoms with Crippen molar-refractivity contribution in [1.29, 1.82) is 0 Å². The normalized spacial score (nSPS) is 21.4. The Kier molecular flexibility index (Phi) is 5.50. The van der Waals surface area contributed by atoms with E-state index in [1.807, 2.05) is 15.8 Å². The number of piperidine rings is 1. The Morgan fingerprint density at radius 1 is 1.15 bits per heavy atom. The van der Waals surface area contributed by atoms with Gasteiger partial charge in [-0.15, -0.1) is 5.10 Å². The van der Waals surface area contributed by atoms with Crippen LogP contribution in [0.1, 0.15) is 53.5 Å². The first-order valence-corrected chi connectivity index (χ1v) is 9.99. The third-order valence-electron chi connectivity index (χ3n) is 5.69. The van der Waals surface area contributed by atoms with Gasteiger partial charge in [0, 0.05) is 19.6 Å². The fourth-order valence-electron chi connectivity index (χ4n) is 3.99. The quantitative estimate of drug-likeness (QED) is 0.857. The Morgan fingerprint density at radius 3 is 2.67 bits per heavy atom. The van der Waals surface area contributed by atoms with Gasteiger partial charge in [0.25, 0.3) is 5.91 Å². The lowest BCUT2D eigenvalue weighted by Crippen LogP contribution is -2.48. The summed E-state index contributed by atoms with van der Waals surface area (Å²) in [5, 5.41) is 15.2. The highest BCUT2D eigenvalue weighted by Crippen LogP contribution is 2.25. The maximum absolute atomic E-state index is 13.2. The number of hydrogen-bond acceptors (Lipinski definition) is 5. The van der Waals surface area contributed by atoms with Gasteiger partial charge >= 0.3 is 0 Å². The number of amides is 1. The van der Waals surface area contributed by atoms with Crippen LogP contribution in [0.25, 0.3) is 0 Å². The molecule has 2 aliphatic heterocycles. The van der Waals surface area contributed by atoms with Crippen molar-refractivity contribution in [2.75, 3.05) is 32.7 Å². The molecule has 27 heavy (non-hydrogen) atoms.